The Morgan fingerprint density at radius 2 is 1.75 bits per heavy atom. The summed E-state index contributed by atoms with van der Waals surface area (Å²) >= 11 is 0. The van der Waals surface area contributed by atoms with Crippen molar-refractivity contribution in [3.05, 3.63) is 58.7 Å². The minimum Gasteiger partial charge on any atom is -0.326 e. The minimum atomic E-state index is -0.696. The number of fused-ring (bicyclic) bond motifs is 3. The van der Waals surface area contributed by atoms with Crippen molar-refractivity contribution in [2.75, 3.05) is 6.54 Å². The summed E-state index contributed by atoms with van der Waals surface area (Å²) in [5.41, 5.74) is 11.3. The normalized spacial score (nSPS) is 18.4. The van der Waals surface area contributed by atoms with Crippen LogP contribution >= 0.6 is 0 Å². The SMILES string of the molecule is CCCCNC1(C(N)CCC)c2cc(C#N)ccc2-c2ccc(C(=O)C(C)C(C)=O)cc21. The molecule has 3 atom stereocenters. The van der Waals surface area contributed by atoms with Gasteiger partial charge in [-0.15, -0.1) is 0 Å². The van der Waals surface area contributed by atoms with E-state index in [1.54, 1.807) is 13.0 Å². The van der Waals surface area contributed by atoms with Crippen molar-refractivity contribution in [3.63, 3.8) is 0 Å². The van der Waals surface area contributed by atoms with Crippen LogP contribution in [0.4, 0.5) is 0 Å². The molecular weight excluding hydrogens is 398 g/mol. The molecule has 0 amide bonds. The van der Waals surface area contributed by atoms with Crippen molar-refractivity contribution in [1.82, 2.24) is 5.32 Å². The predicted octanol–water partition coefficient (Wildman–Crippen LogP) is 4.71. The lowest BCUT2D eigenvalue weighted by atomic mass is 9.77. The monoisotopic (exact) mass is 431 g/mol. The number of rotatable bonds is 10. The zero-order valence-corrected chi connectivity index (χ0v) is 19.5. The number of carbonyl (C=O) groups excluding carboxylic acids is 2. The van der Waals surface area contributed by atoms with Crippen LogP contribution in [0, 0.1) is 17.2 Å². The summed E-state index contributed by atoms with van der Waals surface area (Å²) in [5, 5.41) is 13.3. The van der Waals surface area contributed by atoms with Crippen molar-refractivity contribution in [2.45, 2.75) is 65.0 Å². The summed E-state index contributed by atoms with van der Waals surface area (Å²) in [6, 6.07) is 13.4. The van der Waals surface area contributed by atoms with Gasteiger partial charge in [0.25, 0.3) is 0 Å². The number of benzene rings is 2. The van der Waals surface area contributed by atoms with Gasteiger partial charge in [-0.3, -0.25) is 9.59 Å². The van der Waals surface area contributed by atoms with Crippen molar-refractivity contribution < 1.29 is 9.59 Å². The standard InChI is InChI=1S/C27H33N3O2/c1-5-7-13-30-27(25(29)8-6-2)23-14-19(16-28)9-11-21(23)22-12-10-20(15-24(22)27)26(32)17(3)18(4)31/h9-12,14-15,17,25,30H,5-8,13,29H2,1-4H3. The maximum absolute atomic E-state index is 13.0. The first-order valence-electron chi connectivity index (χ1n) is 11.6. The second kappa shape index (κ2) is 9.77. The van der Waals surface area contributed by atoms with E-state index in [0.29, 0.717) is 11.1 Å². The zero-order valence-electron chi connectivity index (χ0n) is 19.5. The number of nitriles is 1. The van der Waals surface area contributed by atoms with Gasteiger partial charge in [0.2, 0.25) is 0 Å². The topological polar surface area (TPSA) is 96.0 Å². The van der Waals surface area contributed by atoms with Gasteiger partial charge in [-0.1, -0.05) is 44.9 Å². The lowest BCUT2D eigenvalue weighted by molar-refractivity contribution is -0.118. The lowest BCUT2D eigenvalue weighted by Gasteiger charge is -2.39. The number of nitrogens with one attached hydrogen (secondary N) is 1. The molecule has 5 heteroatoms. The molecule has 0 spiro atoms. The Morgan fingerprint density at radius 1 is 1.09 bits per heavy atom. The molecule has 0 saturated heterocycles. The summed E-state index contributed by atoms with van der Waals surface area (Å²) in [6.45, 7) is 8.12. The fourth-order valence-corrected chi connectivity index (χ4v) is 4.72. The summed E-state index contributed by atoms with van der Waals surface area (Å²) in [7, 11) is 0. The highest BCUT2D eigenvalue weighted by molar-refractivity contribution is 6.10. The predicted molar refractivity (Wildman–Crippen MR) is 127 cm³/mol. The van der Waals surface area contributed by atoms with E-state index in [-0.39, 0.29) is 17.6 Å². The molecule has 0 heterocycles. The van der Waals surface area contributed by atoms with Gasteiger partial charge in [0.1, 0.15) is 5.78 Å². The van der Waals surface area contributed by atoms with Gasteiger partial charge in [0.05, 0.1) is 23.1 Å². The van der Waals surface area contributed by atoms with Gasteiger partial charge in [-0.2, -0.15) is 5.26 Å². The molecule has 3 unspecified atom stereocenters. The zero-order chi connectivity index (χ0) is 23.5. The van der Waals surface area contributed by atoms with E-state index in [4.69, 9.17) is 5.73 Å². The molecule has 3 rings (SSSR count). The van der Waals surface area contributed by atoms with Crippen molar-refractivity contribution in [3.8, 4) is 17.2 Å². The number of hydrogen-bond acceptors (Lipinski definition) is 5. The summed E-state index contributed by atoms with van der Waals surface area (Å²) in [6.07, 6.45) is 3.74. The quantitative estimate of drug-likeness (QED) is 0.323. The molecule has 2 aromatic carbocycles. The Kier molecular flexibility index (Phi) is 7.28. The average Bonchev–Trinajstić information content (AvgIpc) is 3.07. The number of carbonyl (C=O) groups is 2. The largest absolute Gasteiger partial charge is 0.326 e. The number of ketones is 2. The third kappa shape index (κ3) is 4.01. The van der Waals surface area contributed by atoms with Crippen LogP contribution in [0.15, 0.2) is 36.4 Å². The lowest BCUT2D eigenvalue weighted by Crippen LogP contribution is -2.55. The van der Waals surface area contributed by atoms with Crippen LogP contribution in [-0.4, -0.2) is 24.2 Å². The molecule has 168 valence electrons. The van der Waals surface area contributed by atoms with Crippen LogP contribution in [0.5, 0.6) is 0 Å². The van der Waals surface area contributed by atoms with E-state index >= 15 is 0 Å². The van der Waals surface area contributed by atoms with Crippen LogP contribution in [0.1, 0.15) is 80.4 Å². The summed E-state index contributed by atoms with van der Waals surface area (Å²) in [4.78, 5) is 24.9. The Bertz CT molecular complexity index is 1070. The van der Waals surface area contributed by atoms with Crippen LogP contribution in [-0.2, 0) is 10.3 Å². The molecule has 0 saturated carbocycles. The van der Waals surface area contributed by atoms with Gasteiger partial charge in [0.15, 0.2) is 5.78 Å². The number of nitrogens with zero attached hydrogens (tertiary/aromatic N) is 1. The molecule has 3 N–H and O–H groups in total. The molecule has 0 aromatic heterocycles. The Balaban J connectivity index is 2.27. The van der Waals surface area contributed by atoms with Crippen molar-refractivity contribution >= 4 is 11.6 Å². The smallest absolute Gasteiger partial charge is 0.173 e. The number of hydrogen-bond donors (Lipinski definition) is 2. The van der Waals surface area contributed by atoms with Crippen LogP contribution in [0.3, 0.4) is 0 Å². The Hall–Kier alpha value is -2.81. The second-order valence-corrected chi connectivity index (χ2v) is 8.81. The highest BCUT2D eigenvalue weighted by Gasteiger charge is 2.47. The van der Waals surface area contributed by atoms with E-state index in [1.165, 1.54) is 6.92 Å². The summed E-state index contributed by atoms with van der Waals surface area (Å²) < 4.78 is 0. The fourth-order valence-electron chi connectivity index (χ4n) is 4.72. The Morgan fingerprint density at radius 3 is 2.34 bits per heavy atom. The average molecular weight is 432 g/mol. The van der Waals surface area contributed by atoms with E-state index < -0.39 is 11.5 Å². The molecule has 0 bridgehead atoms. The first-order chi connectivity index (χ1) is 15.3. The number of Topliss-reactive ketones (excluding diaryl/α,β-unsaturated/α-hetero) is 2. The van der Waals surface area contributed by atoms with E-state index in [0.717, 1.165) is 54.5 Å². The van der Waals surface area contributed by atoms with Crippen molar-refractivity contribution in [2.24, 2.45) is 11.7 Å². The maximum atomic E-state index is 13.0. The van der Waals surface area contributed by atoms with E-state index in [1.807, 2.05) is 30.3 Å². The van der Waals surface area contributed by atoms with Crippen molar-refractivity contribution in [1.29, 1.82) is 5.26 Å². The maximum Gasteiger partial charge on any atom is 0.173 e. The van der Waals surface area contributed by atoms with Crippen LogP contribution in [0.25, 0.3) is 11.1 Å². The van der Waals surface area contributed by atoms with Crippen LogP contribution in [0.2, 0.25) is 0 Å². The first-order valence-corrected chi connectivity index (χ1v) is 11.6. The first kappa shape index (κ1) is 23.8. The van der Waals surface area contributed by atoms with E-state index in [2.05, 4.69) is 25.2 Å². The Labute approximate surface area is 191 Å². The number of unbranched alkanes of at least 4 members (excludes halogenated alkanes) is 1. The van der Waals surface area contributed by atoms with Gasteiger partial charge < -0.3 is 11.1 Å². The van der Waals surface area contributed by atoms with Crippen LogP contribution < -0.4 is 11.1 Å². The molecule has 2 aromatic rings. The molecule has 0 fully saturated rings. The third-order valence-corrected chi connectivity index (χ3v) is 6.69. The molecule has 0 aliphatic heterocycles. The summed E-state index contributed by atoms with van der Waals surface area (Å²) in [5.74, 6) is -1.01. The highest BCUT2D eigenvalue weighted by Crippen LogP contribution is 2.50. The van der Waals surface area contributed by atoms with Gasteiger partial charge in [-0.25, -0.2) is 0 Å². The molecule has 1 aliphatic carbocycles. The molecular formula is C27H33N3O2. The molecule has 1 aliphatic rings. The minimum absolute atomic E-state index is 0.146. The van der Waals surface area contributed by atoms with Gasteiger partial charge in [-0.05, 0) is 73.7 Å². The second-order valence-electron chi connectivity index (χ2n) is 8.81. The van der Waals surface area contributed by atoms with Gasteiger partial charge in [0, 0.05) is 11.6 Å². The fraction of sp³-hybridized carbons (Fsp3) is 0.444. The molecule has 0 radical (unpaired) electrons. The third-order valence-electron chi connectivity index (χ3n) is 6.69. The highest BCUT2D eigenvalue weighted by atomic mass is 16.1. The molecule has 5 nitrogen and oxygen atoms in total. The van der Waals surface area contributed by atoms with E-state index in [9.17, 15) is 14.9 Å². The van der Waals surface area contributed by atoms with Gasteiger partial charge >= 0.3 is 0 Å². The molecule has 32 heavy (non-hydrogen) atoms. The number of nitrogens with two attached hydrogens (primary N) is 1.